The maximum Gasteiger partial charge on any atom is 0.305 e. The average molecular weight is 503 g/mol. The van der Waals surface area contributed by atoms with Gasteiger partial charge < -0.3 is 20.3 Å². The van der Waals surface area contributed by atoms with Crippen LogP contribution in [-0.4, -0.2) is 39.7 Å². The Morgan fingerprint density at radius 3 is 2.30 bits per heavy atom. The molecule has 1 amide bonds. The third-order valence-corrected chi connectivity index (χ3v) is 5.85. The van der Waals surface area contributed by atoms with Crippen LogP contribution >= 0.6 is 0 Å². The van der Waals surface area contributed by atoms with Crippen molar-refractivity contribution in [2.75, 3.05) is 11.9 Å². The maximum absolute atomic E-state index is 13.2. The smallest absolute Gasteiger partial charge is 0.305 e. The summed E-state index contributed by atoms with van der Waals surface area (Å²) < 4.78 is 18.5. The van der Waals surface area contributed by atoms with Gasteiger partial charge in [0.25, 0.3) is 11.8 Å². The predicted octanol–water partition coefficient (Wildman–Crippen LogP) is 5.18. The van der Waals surface area contributed by atoms with Crippen LogP contribution < -0.4 is 10.6 Å². The quantitative estimate of drug-likeness (QED) is 0.259. The van der Waals surface area contributed by atoms with Gasteiger partial charge in [0, 0.05) is 35.0 Å². The number of amides is 1. The maximum atomic E-state index is 13.2. The number of nitrogens with one attached hydrogen (secondary N) is 2. The Labute approximate surface area is 213 Å². The van der Waals surface area contributed by atoms with E-state index in [9.17, 15) is 14.0 Å². The summed E-state index contributed by atoms with van der Waals surface area (Å²) in [7, 11) is 0. The molecule has 0 radical (unpaired) electrons. The molecule has 0 bridgehead atoms. The van der Waals surface area contributed by atoms with Gasteiger partial charge in [-0.1, -0.05) is 36.3 Å². The van der Waals surface area contributed by atoms with Crippen LogP contribution in [0.15, 0.2) is 77.3 Å². The highest BCUT2D eigenvalue weighted by Gasteiger charge is 2.13. The fourth-order valence-corrected chi connectivity index (χ4v) is 3.76. The average Bonchev–Trinajstić information content (AvgIpc) is 3.39. The first-order valence-corrected chi connectivity index (χ1v) is 12.0. The number of carboxylic acid groups (broad SMARTS) is 1. The minimum absolute atomic E-state index is 0.0903. The van der Waals surface area contributed by atoms with Crippen molar-refractivity contribution in [2.45, 2.75) is 32.2 Å². The van der Waals surface area contributed by atoms with E-state index in [-0.39, 0.29) is 30.7 Å². The Kier molecular flexibility index (Phi) is 8.25. The molecule has 0 aliphatic rings. The highest BCUT2D eigenvalue weighted by atomic mass is 19.1. The molecule has 3 N–H and O–H groups in total. The summed E-state index contributed by atoms with van der Waals surface area (Å²) in [6.07, 6.45) is 1.57. The Morgan fingerprint density at radius 1 is 0.973 bits per heavy atom. The number of carbonyl (C=O) groups is 2. The number of hydrogen-bond acceptors (Lipinski definition) is 6. The second-order valence-electron chi connectivity index (χ2n) is 8.56. The molecule has 4 rings (SSSR count). The Hall–Kier alpha value is -4.53. The van der Waals surface area contributed by atoms with E-state index in [0.717, 1.165) is 29.7 Å². The number of carbonyl (C=O) groups excluding carboxylic acids is 1. The predicted molar refractivity (Wildman–Crippen MR) is 138 cm³/mol. The first-order valence-electron chi connectivity index (χ1n) is 12.0. The summed E-state index contributed by atoms with van der Waals surface area (Å²) in [6.45, 7) is 2.19. The molecular formula is C28H27FN4O4. The Balaban J connectivity index is 1.34. The summed E-state index contributed by atoms with van der Waals surface area (Å²) in [5.41, 5.74) is 3.98. The van der Waals surface area contributed by atoms with Crippen molar-refractivity contribution in [1.29, 1.82) is 0 Å². The molecular weight excluding hydrogens is 475 g/mol. The minimum Gasteiger partial charge on any atom is -0.481 e. The highest BCUT2D eigenvalue weighted by molar-refractivity contribution is 5.94. The molecule has 3 aromatic carbocycles. The van der Waals surface area contributed by atoms with E-state index in [1.165, 1.54) is 12.1 Å². The van der Waals surface area contributed by atoms with Crippen LogP contribution in [0.4, 0.5) is 10.1 Å². The molecule has 0 saturated heterocycles. The SMILES string of the molecule is CCC(Cc1ccc(-c2noc(-c3ccc(F)cc3)n2)cc1)Nc1ccc(C(=O)NCCC(=O)O)cc1. The van der Waals surface area contributed by atoms with Crippen LogP contribution in [0.25, 0.3) is 22.8 Å². The van der Waals surface area contributed by atoms with Gasteiger partial charge in [0.05, 0.1) is 6.42 Å². The number of carboxylic acids is 1. The number of halogens is 1. The molecule has 8 nitrogen and oxygen atoms in total. The lowest BCUT2D eigenvalue weighted by atomic mass is 10.0. The van der Waals surface area contributed by atoms with Crippen LogP contribution in [0.2, 0.25) is 0 Å². The van der Waals surface area contributed by atoms with Crippen LogP contribution in [-0.2, 0) is 11.2 Å². The van der Waals surface area contributed by atoms with Crippen molar-refractivity contribution in [3.8, 4) is 22.8 Å². The molecule has 1 atom stereocenters. The normalized spacial score (nSPS) is 11.6. The zero-order valence-electron chi connectivity index (χ0n) is 20.3. The van der Waals surface area contributed by atoms with Gasteiger partial charge in [-0.15, -0.1) is 0 Å². The number of aliphatic carboxylic acids is 1. The number of hydrogen-bond donors (Lipinski definition) is 3. The highest BCUT2D eigenvalue weighted by Crippen LogP contribution is 2.23. The van der Waals surface area contributed by atoms with Gasteiger partial charge >= 0.3 is 5.97 Å². The van der Waals surface area contributed by atoms with Gasteiger partial charge in [0.1, 0.15) is 5.82 Å². The topological polar surface area (TPSA) is 117 Å². The molecule has 0 fully saturated rings. The lowest BCUT2D eigenvalue weighted by Gasteiger charge is -2.19. The Bertz CT molecular complexity index is 1340. The van der Waals surface area contributed by atoms with Gasteiger partial charge in [0.2, 0.25) is 5.82 Å². The summed E-state index contributed by atoms with van der Waals surface area (Å²) in [5.74, 6) is -0.785. The fraction of sp³-hybridized carbons (Fsp3) is 0.214. The third-order valence-electron chi connectivity index (χ3n) is 5.85. The first-order chi connectivity index (χ1) is 17.9. The zero-order valence-corrected chi connectivity index (χ0v) is 20.3. The monoisotopic (exact) mass is 502 g/mol. The van der Waals surface area contributed by atoms with Crippen LogP contribution in [0.1, 0.15) is 35.7 Å². The minimum atomic E-state index is -0.953. The molecule has 1 aromatic heterocycles. The lowest BCUT2D eigenvalue weighted by molar-refractivity contribution is -0.136. The van der Waals surface area contributed by atoms with E-state index in [1.807, 2.05) is 36.4 Å². The molecule has 9 heteroatoms. The van der Waals surface area contributed by atoms with Crippen molar-refractivity contribution in [2.24, 2.45) is 0 Å². The van der Waals surface area contributed by atoms with E-state index >= 15 is 0 Å². The largest absolute Gasteiger partial charge is 0.481 e. The molecule has 37 heavy (non-hydrogen) atoms. The van der Waals surface area contributed by atoms with Crippen LogP contribution in [0.3, 0.4) is 0 Å². The van der Waals surface area contributed by atoms with Gasteiger partial charge in [-0.2, -0.15) is 4.98 Å². The van der Waals surface area contributed by atoms with Gasteiger partial charge in [0.15, 0.2) is 0 Å². The molecule has 190 valence electrons. The molecule has 0 saturated carbocycles. The Morgan fingerprint density at radius 2 is 1.65 bits per heavy atom. The number of rotatable bonds is 11. The summed E-state index contributed by atoms with van der Waals surface area (Å²) >= 11 is 0. The lowest BCUT2D eigenvalue weighted by Crippen LogP contribution is -2.26. The second kappa shape index (κ2) is 11.9. The van der Waals surface area contributed by atoms with Gasteiger partial charge in [-0.05, 0) is 66.9 Å². The molecule has 4 aromatic rings. The molecule has 0 aliphatic carbocycles. The summed E-state index contributed by atoms with van der Waals surface area (Å²) in [6, 6.07) is 21.1. The summed E-state index contributed by atoms with van der Waals surface area (Å²) in [5, 5.41) is 18.8. The number of anilines is 1. The van der Waals surface area contributed by atoms with E-state index in [2.05, 4.69) is 27.7 Å². The molecule has 0 aliphatic heterocycles. The van der Waals surface area contributed by atoms with Crippen molar-refractivity contribution < 1.29 is 23.6 Å². The number of aromatic nitrogens is 2. The van der Waals surface area contributed by atoms with E-state index < -0.39 is 5.97 Å². The number of nitrogens with zero attached hydrogens (tertiary/aromatic N) is 2. The molecule has 0 spiro atoms. The van der Waals surface area contributed by atoms with E-state index in [0.29, 0.717) is 22.8 Å². The first kappa shape index (κ1) is 25.6. The molecule has 1 unspecified atom stereocenters. The third kappa shape index (κ3) is 7.00. The second-order valence-corrected chi connectivity index (χ2v) is 8.56. The fourth-order valence-electron chi connectivity index (χ4n) is 3.76. The van der Waals surface area contributed by atoms with Crippen molar-refractivity contribution >= 4 is 17.6 Å². The van der Waals surface area contributed by atoms with Crippen molar-refractivity contribution in [3.05, 3.63) is 89.7 Å². The van der Waals surface area contributed by atoms with Gasteiger partial charge in [-0.3, -0.25) is 9.59 Å². The van der Waals surface area contributed by atoms with E-state index in [4.69, 9.17) is 9.63 Å². The number of benzene rings is 3. The van der Waals surface area contributed by atoms with Crippen LogP contribution in [0, 0.1) is 5.82 Å². The van der Waals surface area contributed by atoms with Crippen LogP contribution in [0.5, 0.6) is 0 Å². The standard InChI is InChI=1S/C28H27FN4O4/c1-2-23(31-24-13-9-20(10-14-24)27(36)30-16-15-25(34)35)17-18-3-5-19(6-4-18)26-32-28(37-33-26)21-7-11-22(29)12-8-21/h3-14,23,31H,2,15-17H2,1H3,(H,30,36)(H,34,35). The van der Waals surface area contributed by atoms with Crippen molar-refractivity contribution in [1.82, 2.24) is 15.5 Å². The van der Waals surface area contributed by atoms with Gasteiger partial charge in [-0.25, -0.2) is 4.39 Å². The summed E-state index contributed by atoms with van der Waals surface area (Å²) in [4.78, 5) is 27.1. The van der Waals surface area contributed by atoms with E-state index in [1.54, 1.807) is 24.3 Å². The molecule has 1 heterocycles. The van der Waals surface area contributed by atoms with Crippen molar-refractivity contribution in [3.63, 3.8) is 0 Å². The zero-order chi connectivity index (χ0) is 26.2.